The van der Waals surface area contributed by atoms with E-state index in [9.17, 15) is 4.79 Å². The molecule has 43 heavy (non-hydrogen) atoms. The number of hydrogen-bond donors (Lipinski definition) is 0. The van der Waals surface area contributed by atoms with E-state index >= 15 is 0 Å². The quantitative estimate of drug-likeness (QED) is 0.269. The fraction of sp³-hybridized carbons (Fsp3) is 0.625. The van der Waals surface area contributed by atoms with Crippen molar-refractivity contribution in [3.63, 3.8) is 0 Å². The second-order valence-corrected chi connectivity index (χ2v) is 16.5. The van der Waals surface area contributed by atoms with Crippen molar-refractivity contribution in [2.75, 3.05) is 0 Å². The summed E-state index contributed by atoms with van der Waals surface area (Å²) in [6, 6.07) is 20.3. The minimum atomic E-state index is -0.192. The first kappa shape index (κ1) is 31.0. The van der Waals surface area contributed by atoms with Gasteiger partial charge in [-0.2, -0.15) is 0 Å². The van der Waals surface area contributed by atoms with Crippen LogP contribution in [0.4, 0.5) is 0 Å². The van der Waals surface area contributed by atoms with Gasteiger partial charge in [-0.05, 0) is 122 Å². The second kappa shape index (κ2) is 12.8. The molecule has 0 spiro atoms. The highest BCUT2D eigenvalue weighted by Gasteiger charge is 2.60. The van der Waals surface area contributed by atoms with Gasteiger partial charge in [0.15, 0.2) is 0 Å². The van der Waals surface area contributed by atoms with Crippen LogP contribution >= 0.6 is 11.8 Å². The molecule has 2 nitrogen and oxygen atoms in total. The van der Waals surface area contributed by atoms with Crippen LogP contribution in [0, 0.1) is 46.3 Å². The molecule has 0 bridgehead atoms. The van der Waals surface area contributed by atoms with E-state index in [4.69, 9.17) is 4.74 Å². The lowest BCUT2D eigenvalue weighted by Gasteiger charge is -2.59. The summed E-state index contributed by atoms with van der Waals surface area (Å²) in [5, 5.41) is 0. The average molecular weight is 599 g/mol. The van der Waals surface area contributed by atoms with E-state index in [0.29, 0.717) is 11.0 Å². The van der Waals surface area contributed by atoms with Crippen molar-refractivity contribution >= 4 is 17.7 Å². The van der Waals surface area contributed by atoms with Gasteiger partial charge in [-0.1, -0.05) is 108 Å². The zero-order valence-electron chi connectivity index (χ0n) is 27.3. The normalized spacial score (nSPS) is 34.3. The van der Waals surface area contributed by atoms with Crippen LogP contribution in [0.25, 0.3) is 0 Å². The van der Waals surface area contributed by atoms with E-state index in [1.54, 1.807) is 5.57 Å². The molecule has 0 aromatic heterocycles. The van der Waals surface area contributed by atoms with Crippen LogP contribution in [0.2, 0.25) is 0 Å². The monoisotopic (exact) mass is 598 g/mol. The molecule has 0 aliphatic heterocycles. The zero-order chi connectivity index (χ0) is 30.2. The topological polar surface area (TPSA) is 26.3 Å². The smallest absolute Gasteiger partial charge is 0.338 e. The van der Waals surface area contributed by atoms with Crippen molar-refractivity contribution in [2.24, 2.45) is 46.3 Å². The van der Waals surface area contributed by atoms with Crippen molar-refractivity contribution in [1.82, 2.24) is 0 Å². The molecule has 0 saturated heterocycles. The number of rotatable bonds is 9. The maximum atomic E-state index is 13.3. The Kier molecular flexibility index (Phi) is 9.21. The average Bonchev–Trinajstić information content (AvgIpc) is 3.36. The van der Waals surface area contributed by atoms with E-state index in [-0.39, 0.29) is 17.5 Å². The van der Waals surface area contributed by atoms with Crippen molar-refractivity contribution in [1.29, 1.82) is 0 Å². The van der Waals surface area contributed by atoms with Crippen LogP contribution in [0.3, 0.4) is 0 Å². The Labute approximate surface area is 265 Å². The maximum Gasteiger partial charge on any atom is 0.338 e. The Bertz CT molecular complexity index is 1280. The number of carbonyl (C=O) groups excluding carboxylic acids is 1. The SMILES string of the molecule is CC(C)CCC[C@@H](C)[C@H]1CC[C@H]2[C@@H]3CCC4=C(Sc5ccccc5)[C@H](OC(=O)c5ccccc5)CC[C@]4(C)[C@H]3CC[C@]12C. The largest absolute Gasteiger partial charge is 0.453 e. The van der Waals surface area contributed by atoms with Crippen LogP contribution in [-0.4, -0.2) is 12.1 Å². The van der Waals surface area contributed by atoms with Gasteiger partial charge >= 0.3 is 5.97 Å². The third kappa shape index (κ3) is 6.01. The molecule has 3 heteroatoms. The Hall–Kier alpha value is -2.00. The number of hydrogen-bond acceptors (Lipinski definition) is 3. The Morgan fingerprint density at radius 3 is 2.30 bits per heavy atom. The van der Waals surface area contributed by atoms with Crippen molar-refractivity contribution < 1.29 is 9.53 Å². The molecular weight excluding hydrogens is 545 g/mol. The van der Waals surface area contributed by atoms with Crippen molar-refractivity contribution in [2.45, 2.75) is 116 Å². The zero-order valence-corrected chi connectivity index (χ0v) is 28.1. The summed E-state index contributed by atoms with van der Waals surface area (Å²) >= 11 is 1.87. The van der Waals surface area contributed by atoms with Crippen LogP contribution in [-0.2, 0) is 4.74 Å². The summed E-state index contributed by atoms with van der Waals surface area (Å²) in [6.45, 7) is 12.6. The van der Waals surface area contributed by atoms with Crippen LogP contribution in [0.5, 0.6) is 0 Å². The summed E-state index contributed by atoms with van der Waals surface area (Å²) in [5.41, 5.74) is 2.98. The first-order valence-corrected chi connectivity index (χ1v) is 18.2. The highest BCUT2D eigenvalue weighted by atomic mass is 32.2. The first-order chi connectivity index (χ1) is 20.7. The Morgan fingerprint density at radius 1 is 0.860 bits per heavy atom. The molecule has 232 valence electrons. The predicted molar refractivity (Wildman–Crippen MR) is 180 cm³/mol. The van der Waals surface area contributed by atoms with E-state index < -0.39 is 0 Å². The third-order valence-corrected chi connectivity index (χ3v) is 13.9. The van der Waals surface area contributed by atoms with Gasteiger partial charge in [0.2, 0.25) is 0 Å². The first-order valence-electron chi connectivity index (χ1n) is 17.4. The molecular formula is C40H54O2S. The van der Waals surface area contributed by atoms with E-state index in [1.165, 1.54) is 61.2 Å². The number of esters is 1. The lowest BCUT2D eigenvalue weighted by Crippen LogP contribution is -2.51. The van der Waals surface area contributed by atoms with E-state index in [2.05, 4.69) is 65.0 Å². The number of ether oxygens (including phenoxy) is 1. The van der Waals surface area contributed by atoms with Crippen LogP contribution in [0.1, 0.15) is 116 Å². The number of carbonyl (C=O) groups is 1. The minimum absolute atomic E-state index is 0.158. The van der Waals surface area contributed by atoms with Crippen LogP contribution in [0.15, 0.2) is 76.0 Å². The molecule has 8 atom stereocenters. The van der Waals surface area contributed by atoms with E-state index in [0.717, 1.165) is 54.8 Å². The van der Waals surface area contributed by atoms with Gasteiger partial charge in [-0.25, -0.2) is 4.79 Å². The molecule has 3 fully saturated rings. The van der Waals surface area contributed by atoms with Crippen molar-refractivity contribution in [3.8, 4) is 0 Å². The number of allylic oxidation sites excluding steroid dienone is 1. The highest BCUT2D eigenvalue weighted by molar-refractivity contribution is 8.03. The Morgan fingerprint density at radius 2 is 1.58 bits per heavy atom. The highest BCUT2D eigenvalue weighted by Crippen LogP contribution is 2.69. The molecule has 4 aliphatic rings. The van der Waals surface area contributed by atoms with Gasteiger partial charge < -0.3 is 4.74 Å². The van der Waals surface area contributed by atoms with Gasteiger partial charge in [0, 0.05) is 9.80 Å². The third-order valence-electron chi connectivity index (χ3n) is 12.6. The van der Waals surface area contributed by atoms with Gasteiger partial charge in [-0.15, -0.1) is 0 Å². The molecule has 0 heterocycles. The van der Waals surface area contributed by atoms with Gasteiger partial charge in [0.25, 0.3) is 0 Å². The van der Waals surface area contributed by atoms with E-state index in [1.807, 2.05) is 42.1 Å². The summed E-state index contributed by atoms with van der Waals surface area (Å²) in [4.78, 5) is 15.9. The molecule has 2 aromatic carbocycles. The maximum absolute atomic E-state index is 13.3. The molecule has 0 N–H and O–H groups in total. The summed E-state index contributed by atoms with van der Waals surface area (Å²) in [5.74, 6) is 4.84. The molecule has 0 unspecified atom stereocenters. The summed E-state index contributed by atoms with van der Waals surface area (Å²) in [6.07, 6.45) is 14.2. The fourth-order valence-electron chi connectivity index (χ4n) is 10.5. The number of benzene rings is 2. The molecule has 0 amide bonds. The molecule has 2 aromatic rings. The van der Waals surface area contributed by atoms with Gasteiger partial charge in [0.05, 0.1) is 5.56 Å². The number of thioether (sulfide) groups is 1. The molecule has 0 radical (unpaired) electrons. The predicted octanol–water partition coefficient (Wildman–Crippen LogP) is 11.4. The van der Waals surface area contributed by atoms with Gasteiger partial charge in [-0.3, -0.25) is 0 Å². The summed E-state index contributed by atoms with van der Waals surface area (Å²) in [7, 11) is 0. The molecule has 3 saturated carbocycles. The lowest BCUT2D eigenvalue weighted by atomic mass is 9.46. The van der Waals surface area contributed by atoms with Crippen molar-refractivity contribution in [3.05, 3.63) is 76.7 Å². The summed E-state index contributed by atoms with van der Waals surface area (Å²) < 4.78 is 6.35. The standard InChI is InChI=1S/C40H54O2S/c1-27(2)13-12-14-28(3)32-21-22-33-31-19-20-35-37(43-30-17-10-7-11-18-30)36(42-38(41)29-15-8-6-9-16-29)24-26-40(35,5)34(31)23-25-39(32,33)4/h6-11,15-18,27-28,31-34,36H,12-14,19-26H2,1-5H3/t28-,31+,32-,33+,34+,36-,39-,40-/m1/s1. The second-order valence-electron chi connectivity index (χ2n) is 15.4. The molecule has 4 aliphatic carbocycles. The fourth-order valence-corrected chi connectivity index (χ4v) is 11.8. The lowest BCUT2D eigenvalue weighted by molar-refractivity contribution is -0.0639. The van der Waals surface area contributed by atoms with Crippen LogP contribution < -0.4 is 0 Å². The molecule has 6 rings (SSSR count). The number of fused-ring (bicyclic) bond motifs is 5. The Balaban J connectivity index is 1.26. The minimum Gasteiger partial charge on any atom is -0.453 e. The van der Waals surface area contributed by atoms with Gasteiger partial charge in [0.1, 0.15) is 6.10 Å².